The fourth-order valence-corrected chi connectivity index (χ4v) is 1.97. The largest absolute Gasteiger partial charge is 0.488 e. The molecule has 1 atom stereocenters. The first-order chi connectivity index (χ1) is 9.25. The van der Waals surface area contributed by atoms with E-state index in [0.29, 0.717) is 18.8 Å². The van der Waals surface area contributed by atoms with Crippen molar-refractivity contribution in [2.75, 3.05) is 13.2 Å². The van der Waals surface area contributed by atoms with Crippen LogP contribution in [0.5, 0.6) is 0 Å². The van der Waals surface area contributed by atoms with Gasteiger partial charge in [0.2, 0.25) is 0 Å². The molecule has 1 aromatic rings. The first kappa shape index (κ1) is 13.6. The molecule has 0 aromatic heterocycles. The second-order valence-corrected chi connectivity index (χ2v) is 4.61. The lowest BCUT2D eigenvalue weighted by atomic mass is 10.1. The molecule has 1 heterocycles. The lowest BCUT2D eigenvalue weighted by Crippen LogP contribution is -2.35. The molecule has 1 aromatic carbocycles. The molecule has 1 unspecified atom stereocenters. The normalized spacial score (nSPS) is 16.2. The van der Waals surface area contributed by atoms with Gasteiger partial charge in [0.05, 0.1) is 12.7 Å². The molecule has 2 rings (SSSR count). The predicted octanol–water partition coefficient (Wildman–Crippen LogP) is 1.40. The molecule has 4 heteroatoms. The van der Waals surface area contributed by atoms with Gasteiger partial charge in [-0.1, -0.05) is 30.3 Å². The Morgan fingerprint density at radius 2 is 2.16 bits per heavy atom. The maximum atomic E-state index is 11.7. The van der Waals surface area contributed by atoms with Crippen molar-refractivity contribution in [3.05, 3.63) is 47.7 Å². The summed E-state index contributed by atoms with van der Waals surface area (Å²) in [4.78, 5) is 11.7. The Hall–Kier alpha value is -1.81. The van der Waals surface area contributed by atoms with Crippen LogP contribution < -0.4 is 5.32 Å². The zero-order valence-electron chi connectivity index (χ0n) is 10.8. The van der Waals surface area contributed by atoms with Crippen LogP contribution in [0, 0.1) is 0 Å². The number of amides is 1. The van der Waals surface area contributed by atoms with Gasteiger partial charge in [-0.15, -0.1) is 0 Å². The number of aliphatic hydroxyl groups excluding tert-OH is 1. The van der Waals surface area contributed by atoms with Crippen LogP contribution in [-0.4, -0.2) is 30.3 Å². The molecule has 4 nitrogen and oxygen atoms in total. The lowest BCUT2D eigenvalue weighted by Gasteiger charge is -2.16. The van der Waals surface area contributed by atoms with Crippen LogP contribution in [0.1, 0.15) is 18.4 Å². The fourth-order valence-electron chi connectivity index (χ4n) is 1.97. The summed E-state index contributed by atoms with van der Waals surface area (Å²) in [6.45, 7) is 0.820. The van der Waals surface area contributed by atoms with Crippen LogP contribution in [0.25, 0.3) is 0 Å². The maximum Gasteiger partial charge on any atom is 0.286 e. The number of hydrogen-bond acceptors (Lipinski definition) is 3. The highest BCUT2D eigenvalue weighted by molar-refractivity contribution is 5.91. The second kappa shape index (κ2) is 6.95. The van der Waals surface area contributed by atoms with Gasteiger partial charge in [0.25, 0.3) is 5.91 Å². The zero-order chi connectivity index (χ0) is 13.5. The molecule has 1 aliphatic heterocycles. The van der Waals surface area contributed by atoms with E-state index in [9.17, 15) is 9.90 Å². The van der Waals surface area contributed by atoms with Crippen molar-refractivity contribution in [3.8, 4) is 0 Å². The van der Waals surface area contributed by atoms with Gasteiger partial charge in [0.1, 0.15) is 0 Å². The number of aliphatic hydroxyl groups is 1. The molecule has 1 amide bonds. The third-order valence-corrected chi connectivity index (χ3v) is 2.97. The zero-order valence-corrected chi connectivity index (χ0v) is 10.8. The van der Waals surface area contributed by atoms with Crippen molar-refractivity contribution in [1.82, 2.24) is 5.32 Å². The molecule has 102 valence electrons. The molecule has 1 aliphatic rings. The number of carbonyl (C=O) groups excluding carboxylic acids is 1. The number of ether oxygens (including phenoxy) is 1. The molecule has 0 saturated carbocycles. The summed E-state index contributed by atoms with van der Waals surface area (Å²) in [6.07, 6.45) is 3.56. The van der Waals surface area contributed by atoms with E-state index in [1.54, 1.807) is 6.08 Å². The summed E-state index contributed by atoms with van der Waals surface area (Å²) in [5.74, 6) is 0.130. The summed E-state index contributed by atoms with van der Waals surface area (Å²) < 4.78 is 5.26. The topological polar surface area (TPSA) is 58.6 Å². The minimum atomic E-state index is -0.587. The number of nitrogens with one attached hydrogen (secondary N) is 1. The van der Waals surface area contributed by atoms with Crippen LogP contribution in [0.3, 0.4) is 0 Å². The third-order valence-electron chi connectivity index (χ3n) is 2.97. The van der Waals surface area contributed by atoms with Crippen LogP contribution in [0.2, 0.25) is 0 Å². The van der Waals surface area contributed by atoms with E-state index in [1.807, 2.05) is 30.3 Å². The molecular formula is C15H19NO3. The van der Waals surface area contributed by atoms with Gasteiger partial charge in [-0.05, 0) is 24.5 Å². The Labute approximate surface area is 113 Å². The highest BCUT2D eigenvalue weighted by Crippen LogP contribution is 2.09. The Bertz CT molecular complexity index is 442. The van der Waals surface area contributed by atoms with Crippen LogP contribution >= 0.6 is 0 Å². The van der Waals surface area contributed by atoms with Crippen molar-refractivity contribution >= 4 is 5.91 Å². The standard InChI is InChI=1S/C15H19NO3/c17-13(10-12-6-2-1-3-7-12)11-16-15(18)14-8-4-5-9-19-14/h1-3,6-8,13,17H,4-5,9-11H2,(H,16,18). The van der Waals surface area contributed by atoms with Gasteiger partial charge in [-0.3, -0.25) is 4.79 Å². The average molecular weight is 261 g/mol. The molecule has 2 N–H and O–H groups in total. The second-order valence-electron chi connectivity index (χ2n) is 4.61. The highest BCUT2D eigenvalue weighted by atomic mass is 16.5. The number of allylic oxidation sites excluding steroid dienone is 1. The summed E-state index contributed by atoms with van der Waals surface area (Å²) in [5.41, 5.74) is 1.05. The minimum Gasteiger partial charge on any atom is -0.488 e. The van der Waals surface area contributed by atoms with E-state index in [1.165, 1.54) is 0 Å². The number of hydrogen-bond donors (Lipinski definition) is 2. The van der Waals surface area contributed by atoms with Gasteiger partial charge < -0.3 is 15.2 Å². The van der Waals surface area contributed by atoms with Crippen molar-refractivity contribution in [2.24, 2.45) is 0 Å². The van der Waals surface area contributed by atoms with Gasteiger partial charge in [-0.2, -0.15) is 0 Å². The van der Waals surface area contributed by atoms with Crippen LogP contribution in [-0.2, 0) is 16.0 Å². The fraction of sp³-hybridized carbons (Fsp3) is 0.400. The first-order valence-corrected chi connectivity index (χ1v) is 6.59. The molecule has 0 saturated heterocycles. The van der Waals surface area contributed by atoms with Gasteiger partial charge in [-0.25, -0.2) is 0 Å². The summed E-state index contributed by atoms with van der Waals surface area (Å²) >= 11 is 0. The summed E-state index contributed by atoms with van der Waals surface area (Å²) in [5, 5.41) is 12.6. The number of rotatable bonds is 5. The number of benzene rings is 1. The molecule has 0 fully saturated rings. The monoisotopic (exact) mass is 261 g/mol. The van der Waals surface area contributed by atoms with E-state index < -0.39 is 6.10 Å². The average Bonchev–Trinajstić information content (AvgIpc) is 2.47. The van der Waals surface area contributed by atoms with E-state index in [-0.39, 0.29) is 12.5 Å². The van der Waals surface area contributed by atoms with Crippen molar-refractivity contribution < 1.29 is 14.6 Å². The molecule has 19 heavy (non-hydrogen) atoms. The van der Waals surface area contributed by atoms with Crippen LogP contribution in [0.15, 0.2) is 42.2 Å². The molecule has 0 spiro atoms. The molecular weight excluding hydrogens is 242 g/mol. The minimum absolute atomic E-state index is 0.231. The molecule has 0 radical (unpaired) electrons. The summed E-state index contributed by atoms with van der Waals surface area (Å²) in [7, 11) is 0. The van der Waals surface area contributed by atoms with E-state index >= 15 is 0 Å². The van der Waals surface area contributed by atoms with Crippen molar-refractivity contribution in [2.45, 2.75) is 25.4 Å². The Morgan fingerprint density at radius 1 is 1.37 bits per heavy atom. The Morgan fingerprint density at radius 3 is 2.84 bits per heavy atom. The Balaban J connectivity index is 1.75. The van der Waals surface area contributed by atoms with Gasteiger partial charge >= 0.3 is 0 Å². The first-order valence-electron chi connectivity index (χ1n) is 6.59. The lowest BCUT2D eigenvalue weighted by molar-refractivity contribution is -0.121. The maximum absolute atomic E-state index is 11.7. The van der Waals surface area contributed by atoms with E-state index in [2.05, 4.69) is 5.32 Å². The molecule has 0 aliphatic carbocycles. The van der Waals surface area contributed by atoms with E-state index in [4.69, 9.17) is 4.74 Å². The van der Waals surface area contributed by atoms with E-state index in [0.717, 1.165) is 18.4 Å². The SMILES string of the molecule is O=C(NCC(O)Cc1ccccc1)C1=CCCCO1. The van der Waals surface area contributed by atoms with Crippen molar-refractivity contribution in [1.29, 1.82) is 0 Å². The summed E-state index contributed by atoms with van der Waals surface area (Å²) in [6, 6.07) is 9.71. The Kier molecular flexibility index (Phi) is 4.98. The van der Waals surface area contributed by atoms with Gasteiger partial charge in [0.15, 0.2) is 5.76 Å². The van der Waals surface area contributed by atoms with Gasteiger partial charge in [0, 0.05) is 13.0 Å². The van der Waals surface area contributed by atoms with Crippen molar-refractivity contribution in [3.63, 3.8) is 0 Å². The number of carbonyl (C=O) groups is 1. The molecule has 0 bridgehead atoms. The highest BCUT2D eigenvalue weighted by Gasteiger charge is 2.15. The third kappa shape index (κ3) is 4.41. The van der Waals surface area contributed by atoms with Crippen LogP contribution in [0.4, 0.5) is 0 Å². The quantitative estimate of drug-likeness (QED) is 0.842. The predicted molar refractivity (Wildman–Crippen MR) is 72.4 cm³/mol. The smallest absolute Gasteiger partial charge is 0.286 e.